The molecule has 0 unspecified atom stereocenters. The molecule has 0 bridgehead atoms. The molecule has 33 heavy (non-hydrogen) atoms. The molecule has 3 aromatic carbocycles. The van der Waals surface area contributed by atoms with Gasteiger partial charge in [-0.15, -0.1) is 0 Å². The van der Waals surface area contributed by atoms with Crippen LogP contribution in [0.1, 0.15) is 11.1 Å². The minimum absolute atomic E-state index is 0.100. The molecule has 0 amide bonds. The summed E-state index contributed by atoms with van der Waals surface area (Å²) in [5, 5.41) is 0. The van der Waals surface area contributed by atoms with Crippen molar-refractivity contribution < 1.29 is 21.3 Å². The van der Waals surface area contributed by atoms with E-state index in [0.29, 0.717) is 16.8 Å². The highest BCUT2D eigenvalue weighted by Crippen LogP contribution is 2.26. The van der Waals surface area contributed by atoms with Gasteiger partial charge in [0, 0.05) is 18.8 Å². The van der Waals surface area contributed by atoms with Crippen LogP contribution in [-0.4, -0.2) is 21.4 Å². The first-order valence-corrected chi connectivity index (χ1v) is 12.8. The van der Waals surface area contributed by atoms with Crippen molar-refractivity contribution in [1.29, 1.82) is 0 Å². The average Bonchev–Trinajstić information content (AvgIpc) is 3.02. The minimum Gasteiger partial charge on any atom is -0.408 e. The van der Waals surface area contributed by atoms with Crippen molar-refractivity contribution in [2.24, 2.45) is 7.05 Å². The van der Waals surface area contributed by atoms with Gasteiger partial charge in [-0.2, -0.15) is 0 Å². The summed E-state index contributed by atoms with van der Waals surface area (Å²) in [5.41, 5.74) is 2.50. The molecular weight excluding hydrogens is 466 g/mol. The maximum absolute atomic E-state index is 13.0. The number of hydrogen-bond acceptors (Lipinski definition) is 6. The zero-order valence-corrected chi connectivity index (χ0v) is 19.6. The maximum atomic E-state index is 13.0. The van der Waals surface area contributed by atoms with E-state index >= 15 is 0 Å². The highest BCUT2D eigenvalue weighted by atomic mass is 32.2. The Morgan fingerprint density at radius 3 is 2.21 bits per heavy atom. The Kier molecular flexibility index (Phi) is 5.54. The summed E-state index contributed by atoms with van der Waals surface area (Å²) in [7, 11) is -6.54. The molecule has 0 spiro atoms. The van der Waals surface area contributed by atoms with E-state index in [1.165, 1.54) is 48.0 Å². The third-order valence-corrected chi connectivity index (χ3v) is 7.85. The number of sulfonamides is 2. The fraction of sp³-hybridized carbons (Fsp3) is 0.136. The normalized spacial score (nSPS) is 12.1. The second-order valence-electron chi connectivity index (χ2n) is 7.61. The SMILES string of the molecule is Cc1cccc(NS(=O)(=O)c2ccc(C)c(NS(=O)(=O)c3ccc4c(c3)oc(=O)n4C)c2)c1. The molecule has 1 heterocycles. The molecule has 11 heteroatoms. The summed E-state index contributed by atoms with van der Waals surface area (Å²) in [6, 6.07) is 15.1. The molecule has 4 rings (SSSR count). The van der Waals surface area contributed by atoms with E-state index in [1.807, 2.05) is 13.0 Å². The standard InChI is InChI=1S/C22H21N3O6S2/c1-14-5-4-6-16(11-14)23-32(27,28)17-8-7-15(2)19(12-17)24-33(29,30)18-9-10-20-21(13-18)31-22(26)25(20)3/h4-13,23-24H,1-3H3. The quantitative estimate of drug-likeness (QED) is 0.429. The fourth-order valence-electron chi connectivity index (χ4n) is 3.29. The summed E-state index contributed by atoms with van der Waals surface area (Å²) in [6.07, 6.45) is 0. The second-order valence-corrected chi connectivity index (χ2v) is 11.0. The number of aromatic nitrogens is 1. The predicted molar refractivity (Wildman–Crippen MR) is 125 cm³/mol. The van der Waals surface area contributed by atoms with Crippen molar-refractivity contribution in [2.45, 2.75) is 23.6 Å². The topological polar surface area (TPSA) is 127 Å². The molecule has 0 radical (unpaired) electrons. The number of hydrogen-bond donors (Lipinski definition) is 2. The van der Waals surface area contributed by atoms with Crippen LogP contribution in [0.2, 0.25) is 0 Å². The van der Waals surface area contributed by atoms with E-state index in [1.54, 1.807) is 25.1 Å². The average molecular weight is 488 g/mol. The molecule has 0 saturated heterocycles. The van der Waals surface area contributed by atoms with Gasteiger partial charge >= 0.3 is 5.76 Å². The van der Waals surface area contributed by atoms with Crippen LogP contribution in [0.15, 0.2) is 79.7 Å². The molecule has 172 valence electrons. The van der Waals surface area contributed by atoms with Crippen LogP contribution < -0.4 is 15.2 Å². The van der Waals surface area contributed by atoms with Crippen molar-refractivity contribution in [3.05, 3.63) is 82.3 Å². The Morgan fingerprint density at radius 2 is 1.48 bits per heavy atom. The molecule has 0 saturated carbocycles. The Labute approximate surface area is 190 Å². The largest absolute Gasteiger partial charge is 0.419 e. The third kappa shape index (κ3) is 4.50. The Bertz CT molecular complexity index is 1650. The number of nitrogens with zero attached hydrogens (tertiary/aromatic N) is 1. The summed E-state index contributed by atoms with van der Waals surface area (Å²) in [4.78, 5) is 11.5. The van der Waals surface area contributed by atoms with Gasteiger partial charge in [-0.3, -0.25) is 14.0 Å². The summed E-state index contributed by atoms with van der Waals surface area (Å²) in [5.74, 6) is -0.609. The van der Waals surface area contributed by atoms with Crippen LogP contribution >= 0.6 is 0 Å². The van der Waals surface area contributed by atoms with Gasteiger partial charge < -0.3 is 4.42 Å². The van der Waals surface area contributed by atoms with E-state index in [2.05, 4.69) is 9.44 Å². The second kappa shape index (κ2) is 8.09. The predicted octanol–water partition coefficient (Wildman–Crippen LogP) is 3.35. The van der Waals surface area contributed by atoms with Crippen molar-refractivity contribution in [1.82, 2.24) is 4.57 Å². The molecule has 2 N–H and O–H groups in total. The number of fused-ring (bicyclic) bond motifs is 1. The van der Waals surface area contributed by atoms with Crippen LogP contribution in [0.5, 0.6) is 0 Å². The number of aryl methyl sites for hydroxylation is 3. The molecule has 0 aliphatic heterocycles. The maximum Gasteiger partial charge on any atom is 0.419 e. The van der Waals surface area contributed by atoms with Crippen molar-refractivity contribution >= 4 is 42.5 Å². The lowest BCUT2D eigenvalue weighted by molar-refractivity contribution is 0.527. The van der Waals surface area contributed by atoms with Crippen LogP contribution in [0.3, 0.4) is 0 Å². The zero-order chi connectivity index (χ0) is 24.0. The molecule has 9 nitrogen and oxygen atoms in total. The number of oxazole rings is 1. The summed E-state index contributed by atoms with van der Waals surface area (Å²) >= 11 is 0. The fourth-order valence-corrected chi connectivity index (χ4v) is 5.50. The van der Waals surface area contributed by atoms with Gasteiger partial charge in [0.1, 0.15) is 0 Å². The van der Waals surface area contributed by atoms with Crippen molar-refractivity contribution in [3.63, 3.8) is 0 Å². The molecule has 0 fully saturated rings. The Hall–Kier alpha value is -3.57. The monoisotopic (exact) mass is 487 g/mol. The van der Waals surface area contributed by atoms with Gasteiger partial charge in [-0.25, -0.2) is 21.6 Å². The van der Waals surface area contributed by atoms with Gasteiger partial charge in [0.05, 0.1) is 21.0 Å². The molecule has 0 atom stereocenters. The third-order valence-electron chi connectivity index (χ3n) is 5.11. The minimum atomic E-state index is -4.09. The van der Waals surface area contributed by atoms with Gasteiger partial charge in [-0.05, 0) is 61.4 Å². The molecule has 0 aliphatic carbocycles. The van der Waals surface area contributed by atoms with Gasteiger partial charge in [-0.1, -0.05) is 18.2 Å². The lowest BCUT2D eigenvalue weighted by Gasteiger charge is -2.14. The highest BCUT2D eigenvalue weighted by Gasteiger charge is 2.21. The Morgan fingerprint density at radius 1 is 0.818 bits per heavy atom. The van der Waals surface area contributed by atoms with E-state index in [4.69, 9.17) is 4.42 Å². The summed E-state index contributed by atoms with van der Waals surface area (Å²) < 4.78 is 62.9. The van der Waals surface area contributed by atoms with Crippen LogP contribution in [0, 0.1) is 13.8 Å². The molecule has 4 aromatic rings. The van der Waals surface area contributed by atoms with Gasteiger partial charge in [0.15, 0.2) is 5.58 Å². The van der Waals surface area contributed by atoms with Crippen molar-refractivity contribution in [3.8, 4) is 0 Å². The lowest BCUT2D eigenvalue weighted by Crippen LogP contribution is -2.16. The van der Waals surface area contributed by atoms with Crippen molar-refractivity contribution in [2.75, 3.05) is 9.44 Å². The Balaban J connectivity index is 1.67. The van der Waals surface area contributed by atoms with Gasteiger partial charge in [0.2, 0.25) is 0 Å². The number of rotatable bonds is 6. The van der Waals surface area contributed by atoms with Crippen LogP contribution in [0.25, 0.3) is 11.1 Å². The van der Waals surface area contributed by atoms with E-state index < -0.39 is 25.8 Å². The van der Waals surface area contributed by atoms with E-state index in [9.17, 15) is 21.6 Å². The van der Waals surface area contributed by atoms with Crippen LogP contribution in [-0.2, 0) is 27.1 Å². The zero-order valence-electron chi connectivity index (χ0n) is 18.0. The first kappa shape index (κ1) is 22.6. The summed E-state index contributed by atoms with van der Waals surface area (Å²) in [6.45, 7) is 3.50. The first-order chi connectivity index (χ1) is 15.5. The number of anilines is 2. The van der Waals surface area contributed by atoms with E-state index in [0.717, 1.165) is 5.56 Å². The van der Waals surface area contributed by atoms with Gasteiger partial charge in [0.25, 0.3) is 20.0 Å². The first-order valence-electron chi connectivity index (χ1n) is 9.79. The number of benzene rings is 3. The smallest absolute Gasteiger partial charge is 0.408 e. The lowest BCUT2D eigenvalue weighted by atomic mass is 10.2. The van der Waals surface area contributed by atoms with E-state index in [-0.39, 0.29) is 21.1 Å². The highest BCUT2D eigenvalue weighted by molar-refractivity contribution is 7.93. The molecular formula is C22H21N3O6S2. The van der Waals surface area contributed by atoms with Crippen LogP contribution in [0.4, 0.5) is 11.4 Å². The molecule has 0 aliphatic rings. The molecule has 1 aromatic heterocycles. The number of nitrogens with one attached hydrogen (secondary N) is 2.